The van der Waals surface area contributed by atoms with Crippen molar-refractivity contribution in [2.75, 3.05) is 12.4 Å². The molecule has 0 radical (unpaired) electrons. The molecule has 0 aliphatic carbocycles. The monoisotopic (exact) mass is 469 g/mol. The minimum atomic E-state index is -1.06. The van der Waals surface area contributed by atoms with E-state index in [1.807, 2.05) is 0 Å². The lowest BCUT2D eigenvalue weighted by Gasteiger charge is -2.23. The average Bonchev–Trinajstić information content (AvgIpc) is 3.43. The summed E-state index contributed by atoms with van der Waals surface area (Å²) in [6.07, 6.45) is 0.361. The summed E-state index contributed by atoms with van der Waals surface area (Å²) < 4.78 is 10.6. The first-order valence-corrected chi connectivity index (χ1v) is 10.8. The Labute approximate surface area is 185 Å². The van der Waals surface area contributed by atoms with Crippen molar-refractivity contribution in [3.8, 4) is 11.1 Å². The lowest BCUT2D eigenvalue weighted by atomic mass is 9.79. The number of carbonyl (C=O) groups is 3. The zero-order valence-electron chi connectivity index (χ0n) is 15.7. The Morgan fingerprint density at radius 3 is 2.50 bits per heavy atom. The number of amides is 1. The Morgan fingerprint density at radius 1 is 1.17 bits per heavy atom. The van der Waals surface area contributed by atoms with E-state index >= 15 is 0 Å². The molecule has 1 amide bonds. The van der Waals surface area contributed by atoms with Gasteiger partial charge in [0.1, 0.15) is 10.6 Å². The summed E-state index contributed by atoms with van der Waals surface area (Å²) in [6, 6.07) is 4.94. The van der Waals surface area contributed by atoms with Crippen molar-refractivity contribution in [3.05, 3.63) is 39.2 Å². The van der Waals surface area contributed by atoms with Crippen LogP contribution in [0.15, 0.2) is 23.6 Å². The first-order valence-electron chi connectivity index (χ1n) is 9.16. The van der Waals surface area contributed by atoms with Crippen molar-refractivity contribution in [2.45, 2.75) is 25.0 Å². The van der Waals surface area contributed by atoms with Gasteiger partial charge in [0.2, 0.25) is 5.91 Å². The fraction of sp³-hybridized carbons (Fsp3) is 0.350. The number of carboxylic acid groups (broad SMARTS) is 1. The Hall–Kier alpha value is -2.13. The van der Waals surface area contributed by atoms with Crippen LogP contribution in [-0.2, 0) is 19.1 Å². The number of rotatable bonds is 5. The third kappa shape index (κ3) is 3.58. The summed E-state index contributed by atoms with van der Waals surface area (Å²) in [5, 5.41) is 15.0. The van der Waals surface area contributed by atoms with Gasteiger partial charge in [-0.25, -0.2) is 4.79 Å². The van der Waals surface area contributed by atoms with Crippen molar-refractivity contribution in [3.63, 3.8) is 0 Å². The summed E-state index contributed by atoms with van der Waals surface area (Å²) in [5.74, 6) is -3.89. The predicted octanol–water partition coefficient (Wildman–Crippen LogP) is 4.33. The number of carboxylic acids is 1. The Bertz CT molecular complexity index is 1040. The maximum absolute atomic E-state index is 13.0. The van der Waals surface area contributed by atoms with Gasteiger partial charge >= 0.3 is 11.9 Å². The average molecular weight is 470 g/mol. The van der Waals surface area contributed by atoms with Crippen LogP contribution in [0.5, 0.6) is 0 Å². The number of thiophene rings is 1. The second-order valence-electron chi connectivity index (χ2n) is 7.14. The molecule has 0 spiro atoms. The van der Waals surface area contributed by atoms with E-state index in [0.717, 1.165) is 11.3 Å². The fourth-order valence-electron chi connectivity index (χ4n) is 4.15. The van der Waals surface area contributed by atoms with Gasteiger partial charge in [0.25, 0.3) is 0 Å². The highest BCUT2D eigenvalue weighted by Gasteiger charge is 2.55. The molecule has 10 heteroatoms. The van der Waals surface area contributed by atoms with E-state index in [1.165, 1.54) is 7.11 Å². The molecule has 2 bridgehead atoms. The molecule has 2 N–H and O–H groups in total. The maximum atomic E-state index is 13.0. The molecule has 1 aromatic heterocycles. The molecular weight excluding hydrogens is 453 g/mol. The summed E-state index contributed by atoms with van der Waals surface area (Å²) in [7, 11) is 1.24. The van der Waals surface area contributed by atoms with E-state index in [9.17, 15) is 19.5 Å². The molecule has 1 aromatic carbocycles. The molecule has 4 rings (SSSR count). The third-order valence-corrected chi connectivity index (χ3v) is 7.14. The summed E-state index contributed by atoms with van der Waals surface area (Å²) in [6.45, 7) is 0. The van der Waals surface area contributed by atoms with E-state index in [4.69, 9.17) is 32.7 Å². The van der Waals surface area contributed by atoms with Crippen LogP contribution >= 0.6 is 34.5 Å². The second kappa shape index (κ2) is 8.19. The molecule has 0 unspecified atom stereocenters. The van der Waals surface area contributed by atoms with E-state index in [2.05, 4.69) is 5.32 Å². The highest BCUT2D eigenvalue weighted by Crippen LogP contribution is 2.45. The van der Waals surface area contributed by atoms with Gasteiger partial charge in [-0.05, 0) is 30.5 Å². The number of ether oxygens (including phenoxy) is 2. The fourth-order valence-corrected chi connectivity index (χ4v) is 5.41. The zero-order valence-corrected chi connectivity index (χ0v) is 18.0. The normalized spacial score (nSPS) is 24.6. The minimum Gasteiger partial charge on any atom is -0.481 e. The largest absolute Gasteiger partial charge is 0.481 e. The predicted molar refractivity (Wildman–Crippen MR) is 112 cm³/mol. The van der Waals surface area contributed by atoms with Gasteiger partial charge in [-0.15, -0.1) is 11.3 Å². The maximum Gasteiger partial charge on any atom is 0.341 e. The Balaban J connectivity index is 1.67. The van der Waals surface area contributed by atoms with Crippen molar-refractivity contribution in [1.82, 2.24) is 0 Å². The molecule has 7 nitrogen and oxygen atoms in total. The van der Waals surface area contributed by atoms with E-state index < -0.39 is 41.9 Å². The van der Waals surface area contributed by atoms with Crippen LogP contribution in [-0.4, -0.2) is 42.3 Å². The Morgan fingerprint density at radius 2 is 1.87 bits per heavy atom. The van der Waals surface area contributed by atoms with Crippen LogP contribution < -0.4 is 5.32 Å². The van der Waals surface area contributed by atoms with Crippen molar-refractivity contribution in [1.29, 1.82) is 0 Å². The molecule has 4 atom stereocenters. The van der Waals surface area contributed by atoms with Crippen LogP contribution in [0.3, 0.4) is 0 Å². The molecule has 2 aromatic rings. The molecule has 0 saturated carbocycles. The van der Waals surface area contributed by atoms with E-state index in [0.29, 0.717) is 34.0 Å². The standard InChI is InChI=1S/C20H17Cl2NO6S/c1-28-20(27)14-9(8-2-3-10(21)11(22)6-8)7-30-18(14)23-17(24)15-12-4-5-13(29-12)16(15)19(25)26/h2-3,6-7,12-13,15-16H,4-5H2,1H3,(H,23,24)(H,25,26)/t12-,13+,15+,16-/m0/s1. The van der Waals surface area contributed by atoms with Gasteiger partial charge in [0, 0.05) is 10.9 Å². The van der Waals surface area contributed by atoms with Crippen molar-refractivity contribution < 1.29 is 29.0 Å². The quantitative estimate of drug-likeness (QED) is 0.631. The number of hydrogen-bond donors (Lipinski definition) is 2. The number of carbonyl (C=O) groups excluding carboxylic acids is 2. The number of anilines is 1. The molecule has 2 fully saturated rings. The zero-order chi connectivity index (χ0) is 21.6. The highest BCUT2D eigenvalue weighted by molar-refractivity contribution is 7.15. The first kappa shape index (κ1) is 21.1. The smallest absolute Gasteiger partial charge is 0.341 e. The highest BCUT2D eigenvalue weighted by atomic mass is 35.5. The van der Waals surface area contributed by atoms with E-state index in [1.54, 1.807) is 23.6 Å². The van der Waals surface area contributed by atoms with Gasteiger partial charge in [0.15, 0.2) is 0 Å². The number of esters is 1. The van der Waals surface area contributed by atoms with E-state index in [-0.39, 0.29) is 10.6 Å². The minimum absolute atomic E-state index is 0.171. The van der Waals surface area contributed by atoms with Crippen molar-refractivity contribution in [2.24, 2.45) is 11.8 Å². The van der Waals surface area contributed by atoms with Gasteiger partial charge < -0.3 is 19.9 Å². The molecule has 2 saturated heterocycles. The molecular formula is C20H17Cl2NO6S. The van der Waals surface area contributed by atoms with Crippen LogP contribution in [0.1, 0.15) is 23.2 Å². The summed E-state index contributed by atoms with van der Waals surface area (Å²) in [5.41, 5.74) is 1.33. The first-order chi connectivity index (χ1) is 14.3. The third-order valence-electron chi connectivity index (χ3n) is 5.51. The molecule has 2 aliphatic rings. The summed E-state index contributed by atoms with van der Waals surface area (Å²) in [4.78, 5) is 37.2. The van der Waals surface area contributed by atoms with Gasteiger partial charge in [-0.3, -0.25) is 9.59 Å². The number of fused-ring (bicyclic) bond motifs is 2. The SMILES string of the molecule is COC(=O)c1c(-c2ccc(Cl)c(Cl)c2)csc1NC(=O)[C@H]1[C@@H](C(=O)O)[C@H]2CC[C@@H]1O2. The van der Waals surface area contributed by atoms with Crippen LogP contribution in [0.25, 0.3) is 11.1 Å². The van der Waals surface area contributed by atoms with Crippen LogP contribution in [0.4, 0.5) is 5.00 Å². The lowest BCUT2D eigenvalue weighted by molar-refractivity contribution is -0.147. The van der Waals surface area contributed by atoms with Crippen LogP contribution in [0.2, 0.25) is 10.0 Å². The van der Waals surface area contributed by atoms with Gasteiger partial charge in [-0.2, -0.15) is 0 Å². The number of aliphatic carboxylic acids is 1. The molecule has 3 heterocycles. The van der Waals surface area contributed by atoms with Crippen LogP contribution in [0, 0.1) is 11.8 Å². The number of halogens is 2. The lowest BCUT2D eigenvalue weighted by Crippen LogP contribution is -2.41. The topological polar surface area (TPSA) is 102 Å². The Kier molecular flexibility index (Phi) is 5.76. The molecule has 158 valence electrons. The van der Waals surface area contributed by atoms with Crippen molar-refractivity contribution >= 4 is 57.4 Å². The van der Waals surface area contributed by atoms with Gasteiger partial charge in [0.05, 0.1) is 41.2 Å². The number of hydrogen-bond acceptors (Lipinski definition) is 6. The molecule has 30 heavy (non-hydrogen) atoms. The number of methoxy groups -OCH3 is 1. The molecule has 2 aliphatic heterocycles. The van der Waals surface area contributed by atoms with Gasteiger partial charge in [-0.1, -0.05) is 29.3 Å². The number of nitrogens with one attached hydrogen (secondary N) is 1. The number of benzene rings is 1. The second-order valence-corrected chi connectivity index (χ2v) is 8.84. The summed E-state index contributed by atoms with van der Waals surface area (Å²) >= 11 is 13.2.